The number of hydrogen-bond acceptors (Lipinski definition) is 5. The van der Waals surface area contributed by atoms with Crippen LogP contribution in [-0.4, -0.2) is 29.8 Å². The molecule has 0 radical (unpaired) electrons. The lowest BCUT2D eigenvalue weighted by Gasteiger charge is -2.34. The second kappa shape index (κ2) is 5.86. The van der Waals surface area contributed by atoms with Crippen LogP contribution in [0.5, 0.6) is 0 Å². The molecule has 0 bridgehead atoms. The van der Waals surface area contributed by atoms with Gasteiger partial charge in [0, 0.05) is 12.0 Å². The van der Waals surface area contributed by atoms with E-state index in [1.165, 1.54) is 11.8 Å². The normalized spacial score (nSPS) is 25.5. The van der Waals surface area contributed by atoms with E-state index in [0.29, 0.717) is 10.8 Å². The Bertz CT molecular complexity index is 547. The first-order chi connectivity index (χ1) is 9.17. The summed E-state index contributed by atoms with van der Waals surface area (Å²) in [6.45, 7) is 0. The van der Waals surface area contributed by atoms with Gasteiger partial charge >= 0.3 is 0 Å². The van der Waals surface area contributed by atoms with Crippen LogP contribution in [-0.2, 0) is 15.1 Å². The van der Waals surface area contributed by atoms with Crippen LogP contribution >= 0.6 is 23.4 Å². The number of methoxy groups -OCH3 is 1. The van der Waals surface area contributed by atoms with Crippen molar-refractivity contribution < 1.29 is 9.53 Å². The SMILES string of the molecule is COC1(c2nnc(Cl)cc2SC)C=CC=CC1C=O. The number of hydrogen-bond donors (Lipinski definition) is 0. The van der Waals surface area contributed by atoms with E-state index in [1.54, 1.807) is 19.3 Å². The van der Waals surface area contributed by atoms with Crippen molar-refractivity contribution in [2.24, 2.45) is 5.92 Å². The molecule has 0 saturated carbocycles. The van der Waals surface area contributed by atoms with Gasteiger partial charge in [0.05, 0.1) is 5.92 Å². The molecule has 0 amide bonds. The first-order valence-electron chi connectivity index (χ1n) is 5.62. The predicted octanol–water partition coefficient (Wildman–Crippen LogP) is 2.63. The summed E-state index contributed by atoms with van der Waals surface area (Å²) in [6, 6.07) is 1.73. The fourth-order valence-corrected chi connectivity index (χ4v) is 2.93. The minimum atomic E-state index is -0.924. The average molecular weight is 297 g/mol. The van der Waals surface area contributed by atoms with Gasteiger partial charge in [-0.1, -0.05) is 29.8 Å². The Morgan fingerprint density at radius 1 is 1.47 bits per heavy atom. The van der Waals surface area contributed by atoms with E-state index in [4.69, 9.17) is 16.3 Å². The molecule has 1 aliphatic carbocycles. The first kappa shape index (κ1) is 14.2. The van der Waals surface area contributed by atoms with Crippen LogP contribution in [0.2, 0.25) is 5.15 Å². The number of carbonyl (C=O) groups excluding carboxylic acids is 1. The lowest BCUT2D eigenvalue weighted by Crippen LogP contribution is -2.38. The van der Waals surface area contributed by atoms with E-state index in [9.17, 15) is 4.79 Å². The lowest BCUT2D eigenvalue weighted by molar-refractivity contribution is -0.117. The molecule has 0 aliphatic heterocycles. The number of halogens is 1. The number of nitrogens with zero attached hydrogens (tertiary/aromatic N) is 2. The average Bonchev–Trinajstić information content (AvgIpc) is 2.46. The van der Waals surface area contributed by atoms with E-state index in [-0.39, 0.29) is 0 Å². The summed E-state index contributed by atoms with van der Waals surface area (Å²) >= 11 is 7.35. The van der Waals surface area contributed by atoms with Gasteiger partial charge in [-0.15, -0.1) is 22.0 Å². The Labute approximate surface area is 120 Å². The van der Waals surface area contributed by atoms with Crippen LogP contribution in [0.25, 0.3) is 0 Å². The highest BCUT2D eigenvalue weighted by molar-refractivity contribution is 7.98. The molecule has 1 aliphatic rings. The number of rotatable bonds is 4. The Hall–Kier alpha value is -1.17. The maximum absolute atomic E-state index is 11.3. The van der Waals surface area contributed by atoms with Crippen LogP contribution in [0.15, 0.2) is 35.3 Å². The number of aldehydes is 1. The molecule has 0 saturated heterocycles. The molecule has 6 heteroatoms. The van der Waals surface area contributed by atoms with E-state index in [0.717, 1.165) is 11.2 Å². The van der Waals surface area contributed by atoms with Gasteiger partial charge in [-0.25, -0.2) is 0 Å². The maximum Gasteiger partial charge on any atom is 0.152 e. The highest BCUT2D eigenvalue weighted by atomic mass is 35.5. The summed E-state index contributed by atoms with van der Waals surface area (Å²) in [7, 11) is 1.56. The molecule has 0 spiro atoms. The van der Waals surface area contributed by atoms with Crippen molar-refractivity contribution in [3.8, 4) is 0 Å². The van der Waals surface area contributed by atoms with Gasteiger partial charge in [0.1, 0.15) is 17.6 Å². The number of aromatic nitrogens is 2. The first-order valence-corrected chi connectivity index (χ1v) is 7.22. The van der Waals surface area contributed by atoms with Crippen molar-refractivity contribution in [3.63, 3.8) is 0 Å². The summed E-state index contributed by atoms with van der Waals surface area (Å²) in [5.41, 5.74) is -0.323. The van der Waals surface area contributed by atoms with Gasteiger partial charge < -0.3 is 9.53 Å². The minimum absolute atomic E-state index is 0.317. The molecular weight excluding hydrogens is 284 g/mol. The number of ether oxygens (including phenoxy) is 1. The van der Waals surface area contributed by atoms with Gasteiger partial charge in [0.2, 0.25) is 0 Å². The molecule has 4 nitrogen and oxygen atoms in total. The van der Waals surface area contributed by atoms with E-state index in [1.807, 2.05) is 24.5 Å². The van der Waals surface area contributed by atoms with E-state index in [2.05, 4.69) is 10.2 Å². The summed E-state index contributed by atoms with van der Waals surface area (Å²) in [5, 5.41) is 8.33. The molecule has 1 aromatic heterocycles. The van der Waals surface area contributed by atoms with E-state index >= 15 is 0 Å². The molecule has 100 valence electrons. The van der Waals surface area contributed by atoms with Crippen molar-refractivity contribution in [1.82, 2.24) is 10.2 Å². The summed E-state index contributed by atoms with van der Waals surface area (Å²) < 4.78 is 5.62. The summed E-state index contributed by atoms with van der Waals surface area (Å²) in [4.78, 5) is 12.2. The molecule has 0 aromatic carbocycles. The Balaban J connectivity index is 2.61. The third-order valence-corrected chi connectivity index (χ3v) is 4.01. The minimum Gasteiger partial charge on any atom is -0.367 e. The van der Waals surface area contributed by atoms with Crippen molar-refractivity contribution in [3.05, 3.63) is 41.2 Å². The quantitative estimate of drug-likeness (QED) is 0.631. The molecule has 2 atom stereocenters. The number of thioether (sulfide) groups is 1. The third-order valence-electron chi connectivity index (χ3n) is 3.07. The zero-order valence-electron chi connectivity index (χ0n) is 10.5. The third kappa shape index (κ3) is 2.45. The predicted molar refractivity (Wildman–Crippen MR) is 75.3 cm³/mol. The highest BCUT2D eigenvalue weighted by Gasteiger charge is 2.41. The zero-order chi connectivity index (χ0) is 13.9. The smallest absolute Gasteiger partial charge is 0.152 e. The van der Waals surface area contributed by atoms with Crippen LogP contribution in [0.1, 0.15) is 5.69 Å². The van der Waals surface area contributed by atoms with Crippen molar-refractivity contribution in [1.29, 1.82) is 0 Å². The molecule has 0 N–H and O–H groups in total. The lowest BCUT2D eigenvalue weighted by atomic mass is 9.81. The molecule has 19 heavy (non-hydrogen) atoms. The Morgan fingerprint density at radius 2 is 2.26 bits per heavy atom. The Kier molecular flexibility index (Phi) is 4.39. The van der Waals surface area contributed by atoms with Crippen LogP contribution < -0.4 is 0 Å². The fraction of sp³-hybridized carbons (Fsp3) is 0.308. The molecule has 2 unspecified atom stereocenters. The number of allylic oxidation sites excluding steroid dienone is 2. The van der Waals surface area contributed by atoms with Crippen molar-refractivity contribution in [2.75, 3.05) is 13.4 Å². The van der Waals surface area contributed by atoms with Gasteiger partial charge in [0.15, 0.2) is 5.15 Å². The summed E-state index contributed by atoms with van der Waals surface area (Å²) in [5.74, 6) is -0.441. The molecule has 1 aromatic rings. The highest BCUT2D eigenvalue weighted by Crippen LogP contribution is 2.40. The molecular formula is C13H13ClN2O2S. The molecule has 0 fully saturated rings. The Morgan fingerprint density at radius 3 is 2.89 bits per heavy atom. The number of carbonyl (C=O) groups is 1. The second-order valence-corrected chi connectivity index (χ2v) is 5.22. The second-order valence-electron chi connectivity index (χ2n) is 3.99. The topological polar surface area (TPSA) is 52.1 Å². The van der Waals surface area contributed by atoms with Gasteiger partial charge in [-0.3, -0.25) is 0 Å². The van der Waals surface area contributed by atoms with Crippen molar-refractivity contribution in [2.45, 2.75) is 10.5 Å². The van der Waals surface area contributed by atoms with Gasteiger partial charge in [0.25, 0.3) is 0 Å². The standard InChI is InChI=1S/C13H13ClN2O2S/c1-18-13(6-4-3-5-9(13)8-17)12-10(19-2)7-11(14)15-16-12/h3-9H,1-2H3. The van der Waals surface area contributed by atoms with Crippen LogP contribution in [0.3, 0.4) is 0 Å². The maximum atomic E-state index is 11.3. The molecule has 2 rings (SSSR count). The van der Waals surface area contributed by atoms with Crippen LogP contribution in [0.4, 0.5) is 0 Å². The monoisotopic (exact) mass is 296 g/mol. The van der Waals surface area contributed by atoms with E-state index < -0.39 is 11.5 Å². The van der Waals surface area contributed by atoms with Gasteiger partial charge in [-0.05, 0) is 18.4 Å². The largest absolute Gasteiger partial charge is 0.367 e. The summed E-state index contributed by atoms with van der Waals surface area (Å²) in [6.07, 6.45) is 10.0. The van der Waals surface area contributed by atoms with Gasteiger partial charge in [-0.2, -0.15) is 0 Å². The fourth-order valence-electron chi connectivity index (χ4n) is 2.10. The van der Waals surface area contributed by atoms with Crippen LogP contribution in [0, 0.1) is 5.92 Å². The van der Waals surface area contributed by atoms with Crippen molar-refractivity contribution >= 4 is 29.6 Å². The zero-order valence-corrected chi connectivity index (χ0v) is 12.1. The molecule has 1 heterocycles.